The highest BCUT2D eigenvalue weighted by molar-refractivity contribution is 7.89. The van der Waals surface area contributed by atoms with Gasteiger partial charge in [0.05, 0.1) is 15.5 Å². The van der Waals surface area contributed by atoms with Gasteiger partial charge in [-0.25, -0.2) is 8.42 Å². The Balaban J connectivity index is 1.50. The third-order valence-corrected chi connectivity index (χ3v) is 7.25. The van der Waals surface area contributed by atoms with E-state index in [1.165, 1.54) is 29.4 Å². The van der Waals surface area contributed by atoms with Gasteiger partial charge in [0.2, 0.25) is 16.8 Å². The van der Waals surface area contributed by atoms with Crippen LogP contribution in [0.15, 0.2) is 35.2 Å². The average Bonchev–Trinajstić information content (AvgIpc) is 3.49. The molecule has 13 heteroatoms. The van der Waals surface area contributed by atoms with Crippen LogP contribution in [0.4, 0.5) is 11.4 Å². The van der Waals surface area contributed by atoms with Crippen molar-refractivity contribution in [1.29, 1.82) is 0 Å². The molecule has 1 saturated heterocycles. The van der Waals surface area contributed by atoms with Crippen molar-refractivity contribution in [3.8, 4) is 17.2 Å². The molecule has 2 aliphatic rings. The quantitative estimate of drug-likeness (QED) is 0.333. The first kappa shape index (κ1) is 23.4. The number of nitrogens with zero attached hydrogens (tertiary/aromatic N) is 2. The Kier molecular flexibility index (Phi) is 6.39. The second kappa shape index (κ2) is 9.27. The number of ketones is 1. The lowest BCUT2D eigenvalue weighted by Gasteiger charge is -2.16. The molecular weight excluding hydrogens is 470 g/mol. The maximum Gasteiger partial charge on any atom is 0.312 e. The van der Waals surface area contributed by atoms with Crippen LogP contribution in [0.25, 0.3) is 0 Å². The number of nitrogens with one attached hydrogen (secondary N) is 1. The highest BCUT2D eigenvalue weighted by Gasteiger charge is 2.30. The first-order valence-electron chi connectivity index (χ1n) is 10.3. The van der Waals surface area contributed by atoms with E-state index >= 15 is 0 Å². The fourth-order valence-corrected chi connectivity index (χ4v) is 5.20. The average molecular weight is 491 g/mol. The Morgan fingerprint density at radius 1 is 1.15 bits per heavy atom. The second-order valence-electron chi connectivity index (χ2n) is 7.64. The molecule has 0 spiro atoms. The molecule has 2 aromatic carbocycles. The zero-order valence-electron chi connectivity index (χ0n) is 18.1. The lowest BCUT2D eigenvalue weighted by Crippen LogP contribution is -2.28. The summed E-state index contributed by atoms with van der Waals surface area (Å²) in [5.74, 6) is -0.548. The van der Waals surface area contributed by atoms with Crippen LogP contribution in [0.3, 0.4) is 0 Å². The molecule has 2 heterocycles. The van der Waals surface area contributed by atoms with Crippen LogP contribution in [-0.2, 0) is 14.8 Å². The molecule has 1 fully saturated rings. The lowest BCUT2D eigenvalue weighted by atomic mass is 10.1. The second-order valence-corrected chi connectivity index (χ2v) is 9.58. The standard InChI is InChI=1S/C21H21N3O9S/c1-13(25)15-9-19-20(33-12-32-19)10-16(15)22-21(26)11-31-18-5-4-14(8-17(18)24(27)28)34(29,30)23-6-2-3-7-23/h4-5,8-10H,2-3,6-7,11-12H2,1H3,(H,22,26). The van der Waals surface area contributed by atoms with Crippen LogP contribution >= 0.6 is 0 Å². The molecule has 180 valence electrons. The summed E-state index contributed by atoms with van der Waals surface area (Å²) in [4.78, 5) is 34.9. The molecule has 0 aliphatic carbocycles. The van der Waals surface area contributed by atoms with E-state index in [0.29, 0.717) is 24.6 Å². The molecule has 12 nitrogen and oxygen atoms in total. The molecule has 1 N–H and O–H groups in total. The minimum absolute atomic E-state index is 0.0136. The Labute approximate surface area is 194 Å². The van der Waals surface area contributed by atoms with E-state index in [-0.39, 0.29) is 34.5 Å². The predicted molar refractivity (Wildman–Crippen MR) is 118 cm³/mol. The molecule has 0 radical (unpaired) electrons. The summed E-state index contributed by atoms with van der Waals surface area (Å²) in [6, 6.07) is 6.17. The predicted octanol–water partition coefficient (Wildman–Crippen LogP) is 2.33. The summed E-state index contributed by atoms with van der Waals surface area (Å²) in [6.07, 6.45) is 1.46. The smallest absolute Gasteiger partial charge is 0.312 e. The van der Waals surface area contributed by atoms with Gasteiger partial charge in [-0.2, -0.15) is 4.31 Å². The largest absolute Gasteiger partial charge is 0.477 e. The summed E-state index contributed by atoms with van der Waals surface area (Å²) >= 11 is 0. The summed E-state index contributed by atoms with van der Waals surface area (Å²) in [5, 5.41) is 14.1. The third-order valence-electron chi connectivity index (χ3n) is 5.35. The number of rotatable bonds is 8. The number of nitro groups is 1. The highest BCUT2D eigenvalue weighted by Crippen LogP contribution is 2.37. The Bertz CT molecular complexity index is 1270. The van der Waals surface area contributed by atoms with Crippen LogP contribution in [-0.4, -0.2) is 55.8 Å². The minimum Gasteiger partial charge on any atom is -0.477 e. The number of anilines is 1. The minimum atomic E-state index is -3.86. The van der Waals surface area contributed by atoms with Gasteiger partial charge in [-0.1, -0.05) is 0 Å². The Morgan fingerprint density at radius 3 is 2.47 bits per heavy atom. The van der Waals surface area contributed by atoms with Crippen LogP contribution in [0.5, 0.6) is 17.2 Å². The van der Waals surface area contributed by atoms with E-state index < -0.39 is 33.1 Å². The van der Waals surface area contributed by atoms with Crippen LogP contribution in [0.1, 0.15) is 30.1 Å². The van der Waals surface area contributed by atoms with Crippen molar-refractivity contribution >= 4 is 33.1 Å². The number of sulfonamides is 1. The summed E-state index contributed by atoms with van der Waals surface area (Å²) in [6.45, 7) is 1.41. The van der Waals surface area contributed by atoms with Crippen LogP contribution in [0, 0.1) is 10.1 Å². The third kappa shape index (κ3) is 4.65. The van der Waals surface area contributed by atoms with E-state index in [1.54, 1.807) is 0 Å². The van der Waals surface area contributed by atoms with Crippen LogP contribution in [0.2, 0.25) is 0 Å². The van der Waals surface area contributed by atoms with E-state index in [9.17, 15) is 28.1 Å². The molecule has 0 unspecified atom stereocenters. The Hall–Kier alpha value is -3.71. The molecular formula is C21H21N3O9S. The number of hydrogen-bond donors (Lipinski definition) is 1. The molecule has 2 aromatic rings. The van der Waals surface area contributed by atoms with Crippen molar-refractivity contribution in [1.82, 2.24) is 4.31 Å². The zero-order valence-corrected chi connectivity index (χ0v) is 18.9. The maximum atomic E-state index is 12.7. The van der Waals surface area contributed by atoms with Crippen molar-refractivity contribution < 1.29 is 37.1 Å². The highest BCUT2D eigenvalue weighted by atomic mass is 32.2. The number of fused-ring (bicyclic) bond motifs is 1. The van der Waals surface area contributed by atoms with Crippen LogP contribution < -0.4 is 19.5 Å². The zero-order chi connectivity index (χ0) is 24.5. The molecule has 1 amide bonds. The van der Waals surface area contributed by atoms with Gasteiger partial charge in [-0.05, 0) is 38.0 Å². The molecule has 2 aliphatic heterocycles. The summed E-state index contributed by atoms with van der Waals surface area (Å²) in [5.41, 5.74) is -0.215. The SMILES string of the molecule is CC(=O)c1cc2c(cc1NC(=O)COc1ccc(S(=O)(=O)N3CCCC3)cc1[N+](=O)[O-])OCO2. The number of ether oxygens (including phenoxy) is 3. The fourth-order valence-electron chi connectivity index (χ4n) is 3.67. The van der Waals surface area contributed by atoms with Crippen molar-refractivity contribution in [2.24, 2.45) is 0 Å². The van der Waals surface area contributed by atoms with Crippen molar-refractivity contribution in [3.05, 3.63) is 46.0 Å². The fraction of sp³-hybridized carbons (Fsp3) is 0.333. The number of hydrogen-bond acceptors (Lipinski definition) is 9. The number of carbonyl (C=O) groups is 2. The van der Waals surface area contributed by atoms with E-state index in [2.05, 4.69) is 5.32 Å². The molecule has 34 heavy (non-hydrogen) atoms. The Morgan fingerprint density at radius 2 is 1.82 bits per heavy atom. The summed E-state index contributed by atoms with van der Waals surface area (Å²) in [7, 11) is -3.86. The topological polar surface area (TPSA) is 154 Å². The first-order valence-corrected chi connectivity index (χ1v) is 11.8. The van der Waals surface area contributed by atoms with Gasteiger partial charge in [0.15, 0.2) is 29.6 Å². The van der Waals surface area contributed by atoms with Gasteiger partial charge in [0.1, 0.15) is 0 Å². The van der Waals surface area contributed by atoms with E-state index in [1.807, 2.05) is 0 Å². The number of carbonyl (C=O) groups excluding carboxylic acids is 2. The van der Waals surface area contributed by atoms with E-state index in [0.717, 1.165) is 25.0 Å². The van der Waals surface area contributed by atoms with Crippen molar-refractivity contribution in [3.63, 3.8) is 0 Å². The molecule has 0 atom stereocenters. The van der Waals surface area contributed by atoms with Gasteiger partial charge in [0.25, 0.3) is 5.91 Å². The number of benzene rings is 2. The van der Waals surface area contributed by atoms with Gasteiger partial charge < -0.3 is 19.5 Å². The van der Waals surface area contributed by atoms with Crippen molar-refractivity contribution in [2.75, 3.05) is 31.8 Å². The van der Waals surface area contributed by atoms with E-state index in [4.69, 9.17) is 14.2 Å². The maximum absolute atomic E-state index is 12.7. The van der Waals surface area contributed by atoms with Gasteiger partial charge in [-0.3, -0.25) is 19.7 Å². The monoisotopic (exact) mass is 491 g/mol. The van der Waals surface area contributed by atoms with Gasteiger partial charge >= 0.3 is 5.69 Å². The molecule has 0 bridgehead atoms. The first-order chi connectivity index (χ1) is 16.2. The van der Waals surface area contributed by atoms with Crippen molar-refractivity contribution in [2.45, 2.75) is 24.7 Å². The van der Waals surface area contributed by atoms with Gasteiger partial charge in [-0.15, -0.1) is 0 Å². The lowest BCUT2D eigenvalue weighted by molar-refractivity contribution is -0.386. The normalized spacial score (nSPS) is 15.2. The molecule has 0 aromatic heterocycles. The van der Waals surface area contributed by atoms with Gasteiger partial charge in [0, 0.05) is 30.8 Å². The number of nitro benzene ring substituents is 1. The number of Topliss-reactive ketones (excluding diaryl/α,β-unsaturated/α-hetero) is 1. The molecule has 0 saturated carbocycles. The molecule has 4 rings (SSSR count). The number of amides is 1. The summed E-state index contributed by atoms with van der Waals surface area (Å²) < 4.78 is 42.5.